The predicted octanol–water partition coefficient (Wildman–Crippen LogP) is 3.22. The second-order valence-corrected chi connectivity index (χ2v) is 6.93. The molecule has 2 N–H and O–H groups in total. The minimum Gasteiger partial charge on any atom is -0.464 e. The Bertz CT molecular complexity index is 895. The number of amides is 1. The molecule has 3 heterocycles. The van der Waals surface area contributed by atoms with Gasteiger partial charge in [0.25, 0.3) is 0 Å². The number of rotatable bonds is 5. The summed E-state index contributed by atoms with van der Waals surface area (Å²) in [6.45, 7) is 4.37. The molecule has 1 aliphatic rings. The minimum atomic E-state index is 0.0300. The minimum absolute atomic E-state index is 0.0300. The van der Waals surface area contributed by atoms with Gasteiger partial charge in [0, 0.05) is 17.2 Å². The first-order chi connectivity index (χ1) is 13.2. The number of anilines is 1. The van der Waals surface area contributed by atoms with Gasteiger partial charge >= 0.3 is 0 Å². The molecule has 0 radical (unpaired) electrons. The van der Waals surface area contributed by atoms with Crippen LogP contribution in [0, 0.1) is 12.8 Å². The summed E-state index contributed by atoms with van der Waals surface area (Å²) in [5.41, 5.74) is 1.75. The van der Waals surface area contributed by atoms with Crippen molar-refractivity contribution in [2.24, 2.45) is 5.92 Å². The van der Waals surface area contributed by atoms with E-state index in [4.69, 9.17) is 4.42 Å². The third kappa shape index (κ3) is 4.25. The van der Waals surface area contributed by atoms with Crippen LogP contribution in [0.15, 0.2) is 47.1 Å². The Morgan fingerprint density at radius 3 is 2.85 bits per heavy atom. The highest BCUT2D eigenvalue weighted by Gasteiger charge is 2.25. The Balaban J connectivity index is 1.31. The van der Waals surface area contributed by atoms with Crippen LogP contribution in [0.2, 0.25) is 0 Å². The molecule has 7 heteroatoms. The van der Waals surface area contributed by atoms with Crippen molar-refractivity contribution in [3.8, 4) is 11.3 Å². The van der Waals surface area contributed by atoms with Crippen molar-refractivity contribution in [3.63, 3.8) is 0 Å². The highest BCUT2D eigenvalue weighted by atomic mass is 16.3. The lowest BCUT2D eigenvalue weighted by Gasteiger charge is -2.30. The van der Waals surface area contributed by atoms with Crippen molar-refractivity contribution >= 4 is 11.6 Å². The fourth-order valence-corrected chi connectivity index (χ4v) is 3.45. The second-order valence-electron chi connectivity index (χ2n) is 6.93. The van der Waals surface area contributed by atoms with Crippen molar-refractivity contribution in [1.29, 1.82) is 0 Å². The van der Waals surface area contributed by atoms with Gasteiger partial charge in [-0.1, -0.05) is 12.1 Å². The highest BCUT2D eigenvalue weighted by Crippen LogP contribution is 2.25. The summed E-state index contributed by atoms with van der Waals surface area (Å²) < 4.78 is 5.43. The van der Waals surface area contributed by atoms with E-state index in [1.54, 1.807) is 6.26 Å². The molecule has 0 atom stereocenters. The maximum absolute atomic E-state index is 12.7. The van der Waals surface area contributed by atoms with Crippen LogP contribution in [0.3, 0.4) is 0 Å². The lowest BCUT2D eigenvalue weighted by Crippen LogP contribution is -2.38. The molecule has 4 rings (SSSR count). The van der Waals surface area contributed by atoms with Crippen LogP contribution in [-0.4, -0.2) is 39.1 Å². The van der Waals surface area contributed by atoms with Crippen LogP contribution >= 0.6 is 0 Å². The van der Waals surface area contributed by atoms with Gasteiger partial charge in [-0.3, -0.25) is 14.8 Å². The summed E-state index contributed by atoms with van der Waals surface area (Å²) in [5.74, 6) is 2.55. The molecule has 140 valence electrons. The van der Waals surface area contributed by atoms with Gasteiger partial charge in [0.2, 0.25) is 5.91 Å². The number of nitrogens with zero attached hydrogens (tertiary/aromatic N) is 3. The largest absolute Gasteiger partial charge is 0.464 e. The third-order valence-corrected chi connectivity index (χ3v) is 4.90. The lowest BCUT2D eigenvalue weighted by molar-refractivity contribution is -0.121. The van der Waals surface area contributed by atoms with Crippen LogP contribution in [0.25, 0.3) is 11.3 Å². The van der Waals surface area contributed by atoms with E-state index in [1.165, 1.54) is 0 Å². The highest BCUT2D eigenvalue weighted by molar-refractivity contribution is 5.93. The molecule has 0 saturated carbocycles. The number of likely N-dealkylation sites (tertiary alicyclic amines) is 1. The molecule has 0 spiro atoms. The summed E-state index contributed by atoms with van der Waals surface area (Å²) in [5, 5.41) is 10.1. The molecule has 0 aliphatic carbocycles. The number of benzene rings is 1. The summed E-state index contributed by atoms with van der Waals surface area (Å²) in [6, 6.07) is 11.5. The molecule has 3 aromatic rings. The Hall–Kier alpha value is -2.93. The van der Waals surface area contributed by atoms with Gasteiger partial charge in [0.15, 0.2) is 5.82 Å². The predicted molar refractivity (Wildman–Crippen MR) is 102 cm³/mol. The Morgan fingerprint density at radius 1 is 1.30 bits per heavy atom. The number of piperidine rings is 1. The number of H-pyrrole nitrogens is 1. The zero-order valence-corrected chi connectivity index (χ0v) is 15.3. The first-order valence-electron chi connectivity index (χ1n) is 9.22. The standard InChI is InChI=1S/C20H23N5O2/c1-14-21-19(24-23-14)13-25-9-7-15(8-10-25)20(26)22-17-5-2-4-16(12-17)18-6-3-11-27-18/h2-6,11-12,15H,7-10,13H2,1H3,(H,22,26)(H,21,23,24). The molecular formula is C20H23N5O2. The third-order valence-electron chi connectivity index (χ3n) is 4.90. The summed E-state index contributed by atoms with van der Waals surface area (Å²) in [4.78, 5) is 19.3. The molecule has 1 saturated heterocycles. The van der Waals surface area contributed by atoms with Crippen molar-refractivity contribution < 1.29 is 9.21 Å². The van der Waals surface area contributed by atoms with Gasteiger partial charge in [-0.25, -0.2) is 4.98 Å². The van der Waals surface area contributed by atoms with Gasteiger partial charge in [-0.05, 0) is 57.1 Å². The van der Waals surface area contributed by atoms with Gasteiger partial charge < -0.3 is 9.73 Å². The molecule has 27 heavy (non-hydrogen) atoms. The number of hydrogen-bond donors (Lipinski definition) is 2. The van der Waals surface area contributed by atoms with E-state index in [1.807, 2.05) is 43.3 Å². The number of aromatic nitrogens is 3. The number of carbonyl (C=O) groups is 1. The maximum atomic E-state index is 12.7. The number of aromatic amines is 1. The summed E-state index contributed by atoms with van der Waals surface area (Å²) >= 11 is 0. The molecule has 1 amide bonds. The average molecular weight is 365 g/mol. The fourth-order valence-electron chi connectivity index (χ4n) is 3.45. The smallest absolute Gasteiger partial charge is 0.227 e. The Morgan fingerprint density at radius 2 is 2.15 bits per heavy atom. The molecule has 0 unspecified atom stereocenters. The molecule has 1 aliphatic heterocycles. The van der Waals surface area contributed by atoms with Crippen LogP contribution in [0.4, 0.5) is 5.69 Å². The summed E-state index contributed by atoms with van der Waals surface area (Å²) in [7, 11) is 0. The normalized spacial score (nSPS) is 15.7. The van der Waals surface area contributed by atoms with E-state index in [2.05, 4.69) is 25.4 Å². The number of aryl methyl sites for hydroxylation is 1. The van der Waals surface area contributed by atoms with Crippen molar-refractivity contribution in [3.05, 3.63) is 54.3 Å². The number of carbonyl (C=O) groups excluding carboxylic acids is 1. The molecule has 2 aromatic heterocycles. The van der Waals surface area contributed by atoms with Gasteiger partial charge in [0.05, 0.1) is 12.8 Å². The van der Waals surface area contributed by atoms with Gasteiger partial charge in [0.1, 0.15) is 11.6 Å². The van der Waals surface area contributed by atoms with Crippen LogP contribution < -0.4 is 5.32 Å². The van der Waals surface area contributed by atoms with Crippen LogP contribution in [0.5, 0.6) is 0 Å². The van der Waals surface area contributed by atoms with Crippen molar-refractivity contribution in [1.82, 2.24) is 20.1 Å². The monoisotopic (exact) mass is 365 g/mol. The number of furan rings is 1. The van der Waals surface area contributed by atoms with E-state index in [-0.39, 0.29) is 11.8 Å². The topological polar surface area (TPSA) is 87.1 Å². The molecule has 1 fully saturated rings. The maximum Gasteiger partial charge on any atom is 0.227 e. The quantitative estimate of drug-likeness (QED) is 0.725. The van der Waals surface area contributed by atoms with Gasteiger partial charge in [-0.15, -0.1) is 0 Å². The number of nitrogens with one attached hydrogen (secondary N) is 2. The fraction of sp³-hybridized carbons (Fsp3) is 0.350. The van der Waals surface area contributed by atoms with E-state index in [9.17, 15) is 4.79 Å². The molecular weight excluding hydrogens is 342 g/mol. The van der Waals surface area contributed by atoms with Crippen LogP contribution in [-0.2, 0) is 11.3 Å². The van der Waals surface area contributed by atoms with E-state index < -0.39 is 0 Å². The second kappa shape index (κ2) is 7.75. The summed E-state index contributed by atoms with van der Waals surface area (Å²) in [6.07, 6.45) is 3.33. The number of hydrogen-bond acceptors (Lipinski definition) is 5. The SMILES string of the molecule is Cc1nc(CN2CCC(C(=O)Nc3cccc(-c4ccco4)c3)CC2)n[nH]1. The lowest BCUT2D eigenvalue weighted by atomic mass is 9.95. The molecule has 1 aromatic carbocycles. The first-order valence-corrected chi connectivity index (χ1v) is 9.22. The zero-order valence-electron chi connectivity index (χ0n) is 15.3. The van der Waals surface area contributed by atoms with E-state index in [0.717, 1.165) is 61.1 Å². The van der Waals surface area contributed by atoms with Crippen molar-refractivity contribution in [2.45, 2.75) is 26.3 Å². The average Bonchev–Trinajstić information content (AvgIpc) is 3.35. The van der Waals surface area contributed by atoms with Gasteiger partial charge in [-0.2, -0.15) is 5.10 Å². The van der Waals surface area contributed by atoms with Crippen molar-refractivity contribution in [2.75, 3.05) is 18.4 Å². The zero-order chi connectivity index (χ0) is 18.6. The molecule has 7 nitrogen and oxygen atoms in total. The van der Waals surface area contributed by atoms with E-state index >= 15 is 0 Å². The first kappa shape index (κ1) is 17.5. The Labute approximate surface area is 157 Å². The van der Waals surface area contributed by atoms with E-state index in [0.29, 0.717) is 0 Å². The van der Waals surface area contributed by atoms with Crippen LogP contribution in [0.1, 0.15) is 24.5 Å². The Kier molecular flexibility index (Phi) is 5.02. The molecule has 0 bridgehead atoms.